The van der Waals surface area contributed by atoms with E-state index in [2.05, 4.69) is 4.98 Å². The maximum atomic E-state index is 11.9. The van der Waals surface area contributed by atoms with Crippen molar-refractivity contribution in [3.63, 3.8) is 0 Å². The molecule has 2 fully saturated rings. The van der Waals surface area contributed by atoms with Crippen LogP contribution >= 0.6 is 11.8 Å². The first-order valence-corrected chi connectivity index (χ1v) is 7.40. The Morgan fingerprint density at radius 3 is 2.80 bits per heavy atom. The maximum absolute atomic E-state index is 11.9. The van der Waals surface area contributed by atoms with Crippen molar-refractivity contribution in [2.45, 2.75) is 47.7 Å². The third kappa shape index (κ3) is 1.86. The standard InChI is InChI=1S/C12H17N3O4S/c13-7-3-5-15(11(19)14-7)10-8(17)9(18)12(20-10)4-1-2-6(12)16/h3,5-6,8-10,16-18H,1-2,4H2,(H2,13,14,19)/t6-,8-,9+,10-,12?/m1/s1. The Balaban J connectivity index is 1.98. The minimum Gasteiger partial charge on any atom is -0.392 e. The average molecular weight is 299 g/mol. The van der Waals surface area contributed by atoms with Crippen LogP contribution in [0.3, 0.4) is 0 Å². The van der Waals surface area contributed by atoms with Gasteiger partial charge in [-0.1, -0.05) is 0 Å². The van der Waals surface area contributed by atoms with Gasteiger partial charge in [0.05, 0.1) is 17.0 Å². The van der Waals surface area contributed by atoms with Crippen LogP contribution in [0.5, 0.6) is 0 Å². The molecule has 1 spiro atoms. The van der Waals surface area contributed by atoms with Crippen molar-refractivity contribution in [2.75, 3.05) is 5.73 Å². The van der Waals surface area contributed by atoms with Gasteiger partial charge in [0.15, 0.2) is 0 Å². The first-order valence-electron chi connectivity index (χ1n) is 6.52. The summed E-state index contributed by atoms with van der Waals surface area (Å²) in [6.45, 7) is 0. The third-order valence-corrected chi connectivity index (χ3v) is 6.10. The van der Waals surface area contributed by atoms with E-state index >= 15 is 0 Å². The van der Waals surface area contributed by atoms with Crippen molar-refractivity contribution >= 4 is 17.6 Å². The lowest BCUT2D eigenvalue weighted by molar-refractivity contribution is -0.0258. The fourth-order valence-electron chi connectivity index (χ4n) is 3.12. The molecule has 5 N–H and O–H groups in total. The molecule has 1 aromatic rings. The summed E-state index contributed by atoms with van der Waals surface area (Å²) in [4.78, 5) is 15.5. The highest BCUT2D eigenvalue weighted by Crippen LogP contribution is 2.56. The monoisotopic (exact) mass is 299 g/mol. The van der Waals surface area contributed by atoms with E-state index in [9.17, 15) is 20.1 Å². The average Bonchev–Trinajstić information content (AvgIpc) is 2.88. The molecule has 0 radical (unpaired) electrons. The van der Waals surface area contributed by atoms with E-state index in [1.54, 1.807) is 0 Å². The van der Waals surface area contributed by atoms with Gasteiger partial charge in [-0.25, -0.2) is 4.79 Å². The Labute approximate surface area is 119 Å². The number of hydrogen-bond donors (Lipinski definition) is 4. The van der Waals surface area contributed by atoms with Crippen molar-refractivity contribution in [3.05, 3.63) is 22.7 Å². The Hall–Kier alpha value is -1.09. The molecule has 8 heteroatoms. The Kier molecular flexibility index (Phi) is 3.28. The van der Waals surface area contributed by atoms with Crippen LogP contribution in [0.4, 0.5) is 5.82 Å². The molecule has 1 aliphatic carbocycles. The van der Waals surface area contributed by atoms with E-state index in [-0.39, 0.29) is 5.82 Å². The minimum absolute atomic E-state index is 0.111. The molecule has 1 aliphatic heterocycles. The first kappa shape index (κ1) is 13.9. The number of aliphatic hydroxyl groups excluding tert-OH is 3. The molecule has 0 amide bonds. The Morgan fingerprint density at radius 2 is 2.20 bits per heavy atom. The summed E-state index contributed by atoms with van der Waals surface area (Å²) >= 11 is 1.25. The van der Waals surface area contributed by atoms with Crippen LogP contribution in [-0.4, -0.2) is 47.9 Å². The molecule has 0 aromatic carbocycles. The second-order valence-corrected chi connectivity index (χ2v) is 6.83. The van der Waals surface area contributed by atoms with Gasteiger partial charge in [0.1, 0.15) is 17.3 Å². The van der Waals surface area contributed by atoms with Crippen LogP contribution < -0.4 is 11.4 Å². The van der Waals surface area contributed by atoms with Gasteiger partial charge in [-0.15, -0.1) is 11.8 Å². The smallest absolute Gasteiger partial charge is 0.350 e. The molecule has 7 nitrogen and oxygen atoms in total. The number of nitrogens with zero attached hydrogens (tertiary/aromatic N) is 2. The van der Waals surface area contributed by atoms with E-state index in [0.717, 1.165) is 6.42 Å². The fraction of sp³-hybridized carbons (Fsp3) is 0.667. The molecule has 20 heavy (non-hydrogen) atoms. The Morgan fingerprint density at radius 1 is 1.45 bits per heavy atom. The topological polar surface area (TPSA) is 122 Å². The second-order valence-electron chi connectivity index (χ2n) is 5.35. The molecule has 1 saturated heterocycles. The number of thioether (sulfide) groups is 1. The highest BCUT2D eigenvalue weighted by atomic mass is 32.2. The second kappa shape index (κ2) is 4.73. The van der Waals surface area contributed by atoms with Crippen molar-refractivity contribution in [3.8, 4) is 0 Å². The van der Waals surface area contributed by atoms with Gasteiger partial charge in [0.25, 0.3) is 0 Å². The lowest BCUT2D eigenvalue weighted by atomic mass is 9.94. The zero-order valence-electron chi connectivity index (χ0n) is 10.7. The Bertz CT molecular complexity index is 580. The molecule has 2 aliphatic rings. The highest BCUT2D eigenvalue weighted by molar-refractivity contribution is 8.01. The largest absolute Gasteiger partial charge is 0.392 e. The number of aromatic nitrogens is 2. The van der Waals surface area contributed by atoms with Crippen LogP contribution in [0.25, 0.3) is 0 Å². The summed E-state index contributed by atoms with van der Waals surface area (Å²) in [7, 11) is 0. The van der Waals surface area contributed by atoms with E-state index < -0.39 is 34.1 Å². The number of nitrogens with two attached hydrogens (primary N) is 1. The predicted octanol–water partition coefficient (Wildman–Crippen LogP) is -0.924. The molecule has 2 heterocycles. The third-order valence-electron chi connectivity index (χ3n) is 4.19. The van der Waals surface area contributed by atoms with Gasteiger partial charge in [-0.3, -0.25) is 4.57 Å². The number of hydrogen-bond acceptors (Lipinski definition) is 7. The van der Waals surface area contributed by atoms with Gasteiger partial charge in [0.2, 0.25) is 0 Å². The minimum atomic E-state index is -1.13. The number of anilines is 1. The van der Waals surface area contributed by atoms with Crippen LogP contribution in [0.15, 0.2) is 17.1 Å². The predicted molar refractivity (Wildman–Crippen MR) is 74.1 cm³/mol. The van der Waals surface area contributed by atoms with Gasteiger partial charge in [-0.2, -0.15) is 4.98 Å². The SMILES string of the molecule is Nc1ccn([C@@H]2SC3(CCC[C@H]3O)[C@@H](O)[C@H]2O)c(=O)n1. The van der Waals surface area contributed by atoms with E-state index in [4.69, 9.17) is 5.73 Å². The van der Waals surface area contributed by atoms with Crippen LogP contribution in [0, 0.1) is 0 Å². The maximum Gasteiger partial charge on any atom is 0.350 e. The van der Waals surface area contributed by atoms with Gasteiger partial charge < -0.3 is 21.1 Å². The van der Waals surface area contributed by atoms with E-state index in [1.807, 2.05) is 0 Å². The summed E-state index contributed by atoms with van der Waals surface area (Å²) in [5, 5.41) is 30.0. The van der Waals surface area contributed by atoms with Crippen molar-refractivity contribution in [1.82, 2.24) is 9.55 Å². The van der Waals surface area contributed by atoms with Gasteiger partial charge in [-0.05, 0) is 25.3 Å². The molecule has 110 valence electrons. The van der Waals surface area contributed by atoms with E-state index in [0.29, 0.717) is 12.8 Å². The van der Waals surface area contributed by atoms with Crippen molar-refractivity contribution < 1.29 is 15.3 Å². The lowest BCUT2D eigenvalue weighted by Crippen LogP contribution is -2.46. The van der Waals surface area contributed by atoms with Crippen molar-refractivity contribution in [2.24, 2.45) is 0 Å². The molecule has 1 unspecified atom stereocenters. The summed E-state index contributed by atoms with van der Waals surface area (Å²) in [6.07, 6.45) is 0.580. The molecule has 5 atom stereocenters. The van der Waals surface area contributed by atoms with Crippen LogP contribution in [-0.2, 0) is 0 Å². The summed E-state index contributed by atoms with van der Waals surface area (Å²) in [5.74, 6) is 0.111. The zero-order chi connectivity index (χ0) is 14.5. The normalized spacial score (nSPS) is 40.5. The van der Waals surface area contributed by atoms with Crippen molar-refractivity contribution in [1.29, 1.82) is 0 Å². The molecular formula is C12H17N3O4S. The van der Waals surface area contributed by atoms with Gasteiger partial charge in [0, 0.05) is 6.20 Å². The van der Waals surface area contributed by atoms with E-state index in [1.165, 1.54) is 28.6 Å². The summed E-state index contributed by atoms with van der Waals surface area (Å²) in [6, 6.07) is 1.47. The van der Waals surface area contributed by atoms with Crippen LogP contribution in [0.2, 0.25) is 0 Å². The highest BCUT2D eigenvalue weighted by Gasteiger charge is 2.59. The van der Waals surface area contributed by atoms with Crippen LogP contribution in [0.1, 0.15) is 24.6 Å². The quantitative estimate of drug-likeness (QED) is 0.529. The number of aliphatic hydroxyl groups is 3. The molecule has 1 aromatic heterocycles. The number of nitrogen functional groups attached to an aromatic ring is 1. The summed E-state index contributed by atoms with van der Waals surface area (Å²) < 4.78 is 0.458. The molecular weight excluding hydrogens is 282 g/mol. The fourth-order valence-corrected chi connectivity index (χ4v) is 4.94. The first-order chi connectivity index (χ1) is 9.45. The number of rotatable bonds is 1. The molecule has 3 rings (SSSR count). The molecule has 1 saturated carbocycles. The van der Waals surface area contributed by atoms with Gasteiger partial charge >= 0.3 is 5.69 Å². The molecule has 0 bridgehead atoms. The zero-order valence-corrected chi connectivity index (χ0v) is 11.5. The summed E-state index contributed by atoms with van der Waals surface area (Å²) in [5.41, 5.74) is 4.87. The lowest BCUT2D eigenvalue weighted by Gasteiger charge is -2.30.